The smallest absolute Gasteiger partial charge is 0.262 e. The van der Waals surface area contributed by atoms with Crippen LogP contribution in [0.2, 0.25) is 0 Å². The monoisotopic (exact) mass is 768 g/mol. The molecule has 2 aromatic carbocycles. The first-order chi connectivity index (χ1) is 27.6. The van der Waals surface area contributed by atoms with Gasteiger partial charge in [-0.1, -0.05) is 18.2 Å². The number of benzene rings is 2. The number of carbonyl (C=O) groups excluding carboxylic acids is 4. The highest BCUT2D eigenvalue weighted by Gasteiger charge is 2.45. The van der Waals surface area contributed by atoms with Crippen LogP contribution in [-0.4, -0.2) is 110 Å². The lowest BCUT2D eigenvalue weighted by molar-refractivity contribution is -0.136. The van der Waals surface area contributed by atoms with E-state index in [1.165, 1.54) is 0 Å². The Hall–Kier alpha value is -6.42. The van der Waals surface area contributed by atoms with Crippen LogP contribution in [0.1, 0.15) is 51.1 Å². The molecule has 2 unspecified atom stereocenters. The topological polar surface area (TPSA) is 174 Å². The number of aromatic nitrogens is 5. The van der Waals surface area contributed by atoms with Gasteiger partial charge in [0.2, 0.25) is 17.8 Å². The van der Waals surface area contributed by atoms with E-state index in [9.17, 15) is 19.2 Å². The highest BCUT2D eigenvalue weighted by Crippen LogP contribution is 2.33. The average Bonchev–Trinajstić information content (AvgIpc) is 3.87. The van der Waals surface area contributed by atoms with E-state index >= 15 is 0 Å². The van der Waals surface area contributed by atoms with Crippen LogP contribution in [0.3, 0.4) is 0 Å². The third-order valence-electron chi connectivity index (χ3n) is 11.6. The highest BCUT2D eigenvalue weighted by molar-refractivity contribution is 6.23. The summed E-state index contributed by atoms with van der Waals surface area (Å²) in [5.74, 6) is 0.626. The molecule has 9 rings (SSSR count). The van der Waals surface area contributed by atoms with E-state index in [1.54, 1.807) is 23.0 Å². The van der Waals surface area contributed by atoms with Crippen molar-refractivity contribution in [3.63, 3.8) is 0 Å². The van der Waals surface area contributed by atoms with Gasteiger partial charge in [0.1, 0.15) is 11.9 Å². The molecule has 0 saturated carbocycles. The Morgan fingerprint density at radius 2 is 1.61 bits per heavy atom. The van der Waals surface area contributed by atoms with Crippen LogP contribution in [0, 0.1) is 19.8 Å². The molecule has 0 spiro atoms. The maximum Gasteiger partial charge on any atom is 0.262 e. The number of pyridine rings is 1. The van der Waals surface area contributed by atoms with Crippen LogP contribution in [0.5, 0.6) is 0 Å². The maximum atomic E-state index is 13.4. The van der Waals surface area contributed by atoms with Gasteiger partial charge in [-0.3, -0.25) is 34.3 Å². The summed E-state index contributed by atoms with van der Waals surface area (Å²) in [5.41, 5.74) is 6.34. The minimum absolute atomic E-state index is 0.0959. The van der Waals surface area contributed by atoms with Crippen molar-refractivity contribution in [3.05, 3.63) is 83.2 Å². The number of nitrogens with zero attached hydrogens (tertiary/aromatic N) is 9. The fraction of sp³-hybridized carbons (Fsp3) is 0.366. The molecular formula is C41H44N12O4. The van der Waals surface area contributed by atoms with Gasteiger partial charge < -0.3 is 20.4 Å². The minimum atomic E-state index is -0.968. The third-order valence-corrected chi connectivity index (χ3v) is 11.6. The van der Waals surface area contributed by atoms with E-state index in [0.717, 1.165) is 96.5 Å². The van der Waals surface area contributed by atoms with Gasteiger partial charge in [-0.2, -0.15) is 10.1 Å². The Morgan fingerprint density at radius 1 is 0.825 bits per heavy atom. The Kier molecular flexibility index (Phi) is 9.27. The van der Waals surface area contributed by atoms with Crippen molar-refractivity contribution in [2.24, 2.45) is 13.0 Å². The van der Waals surface area contributed by atoms with Crippen molar-refractivity contribution in [2.45, 2.75) is 39.2 Å². The number of piperidine rings is 1. The molecule has 16 nitrogen and oxygen atoms in total. The summed E-state index contributed by atoms with van der Waals surface area (Å²) in [6.45, 7) is 10.5. The number of carbonyl (C=O) groups is 4. The van der Waals surface area contributed by atoms with Gasteiger partial charge in [-0.15, -0.1) is 0 Å². The Balaban J connectivity index is 0.766. The number of fused-ring (bicyclic) bond motifs is 2. The van der Waals surface area contributed by atoms with E-state index in [4.69, 9.17) is 9.97 Å². The SMILES string of the molecule is Cc1cccc(C)c1Nc1nn(C)c2nc(Nc3ccc(N4CCN(CC5CCN(c6ccc7c(c6)C(=O)N(C6CCC(=O)NC6=O)C7=O)C5)CC4)nc3)ncc12. The lowest BCUT2D eigenvalue weighted by atomic mass is 10.0. The molecule has 292 valence electrons. The molecule has 3 aromatic heterocycles. The zero-order valence-corrected chi connectivity index (χ0v) is 32.2. The quantitative estimate of drug-likeness (QED) is 0.185. The van der Waals surface area contributed by atoms with Gasteiger partial charge in [0.05, 0.1) is 28.4 Å². The van der Waals surface area contributed by atoms with Crippen molar-refractivity contribution in [3.8, 4) is 0 Å². The van der Waals surface area contributed by atoms with Crippen LogP contribution < -0.4 is 25.8 Å². The van der Waals surface area contributed by atoms with Gasteiger partial charge in [-0.25, -0.2) is 14.6 Å². The number of hydrogen-bond donors (Lipinski definition) is 3. The molecule has 16 heteroatoms. The van der Waals surface area contributed by atoms with Crippen LogP contribution in [0.25, 0.3) is 11.0 Å². The second kappa shape index (κ2) is 14.6. The molecule has 7 heterocycles. The summed E-state index contributed by atoms with van der Waals surface area (Å²) in [4.78, 5) is 72.8. The molecule has 4 aliphatic heterocycles. The molecule has 0 bridgehead atoms. The largest absolute Gasteiger partial charge is 0.371 e. The van der Waals surface area contributed by atoms with E-state index in [-0.39, 0.29) is 18.7 Å². The molecule has 0 aliphatic carbocycles. The predicted molar refractivity (Wildman–Crippen MR) is 215 cm³/mol. The van der Waals surface area contributed by atoms with Crippen LogP contribution in [0.15, 0.2) is 60.9 Å². The number of amides is 4. The number of para-hydroxylation sites is 1. The van der Waals surface area contributed by atoms with Gasteiger partial charge in [-0.05, 0) is 74.1 Å². The lowest BCUT2D eigenvalue weighted by Crippen LogP contribution is -2.54. The van der Waals surface area contributed by atoms with Gasteiger partial charge in [0.25, 0.3) is 11.8 Å². The Labute approximate surface area is 329 Å². The van der Waals surface area contributed by atoms with E-state index in [0.29, 0.717) is 34.5 Å². The van der Waals surface area contributed by atoms with Crippen molar-refractivity contribution in [2.75, 3.05) is 66.2 Å². The van der Waals surface area contributed by atoms with Gasteiger partial charge >= 0.3 is 0 Å². The molecule has 3 N–H and O–H groups in total. The number of rotatable bonds is 9. The molecule has 3 saturated heterocycles. The second-order valence-corrected chi connectivity index (χ2v) is 15.4. The summed E-state index contributed by atoms with van der Waals surface area (Å²) in [7, 11) is 1.87. The van der Waals surface area contributed by atoms with Crippen molar-refractivity contribution in [1.29, 1.82) is 0 Å². The molecule has 0 radical (unpaired) electrons. The average molecular weight is 769 g/mol. The Bertz CT molecular complexity index is 2400. The highest BCUT2D eigenvalue weighted by atomic mass is 16.2. The molecule has 3 fully saturated rings. The van der Waals surface area contributed by atoms with E-state index < -0.39 is 23.8 Å². The predicted octanol–water partition coefficient (Wildman–Crippen LogP) is 3.91. The standard InChI is InChI=1S/C41H44N12O4/c1-24-5-4-6-25(2)35(24)46-36-31-21-43-41(47-37(31)49(3)48-36)44-27-7-11-33(42-20-27)51-17-15-50(16-18-51)22-26-13-14-52(23-26)28-8-9-29-30(19-28)40(57)53(39(29)56)32-10-12-34(54)45-38(32)55/h4-9,11,19-21,26,32H,10,12-18,22-23H2,1-3H3,(H,46,48)(H,43,44,47)(H,45,54,55). The van der Waals surface area contributed by atoms with Crippen LogP contribution in [-0.2, 0) is 16.6 Å². The van der Waals surface area contributed by atoms with E-state index in [2.05, 4.69) is 66.7 Å². The maximum absolute atomic E-state index is 13.4. The van der Waals surface area contributed by atoms with Crippen LogP contribution >= 0.6 is 0 Å². The second-order valence-electron chi connectivity index (χ2n) is 15.4. The summed E-state index contributed by atoms with van der Waals surface area (Å²) < 4.78 is 1.75. The molecule has 57 heavy (non-hydrogen) atoms. The van der Waals surface area contributed by atoms with Crippen molar-refractivity contribution >= 4 is 69.3 Å². The number of nitrogens with one attached hydrogen (secondary N) is 3. The summed E-state index contributed by atoms with van der Waals surface area (Å²) in [5, 5.41) is 14.5. The normalized spacial score (nSPS) is 20.1. The summed E-state index contributed by atoms with van der Waals surface area (Å²) >= 11 is 0. The fourth-order valence-corrected chi connectivity index (χ4v) is 8.49. The molecular weight excluding hydrogens is 725 g/mol. The number of aryl methyl sites for hydroxylation is 3. The minimum Gasteiger partial charge on any atom is -0.371 e. The summed E-state index contributed by atoms with van der Waals surface area (Å²) in [6.07, 6.45) is 4.87. The molecule has 5 aromatic rings. The molecule has 2 atom stereocenters. The summed E-state index contributed by atoms with van der Waals surface area (Å²) in [6, 6.07) is 14.6. The van der Waals surface area contributed by atoms with Gasteiger partial charge in [0, 0.05) is 76.9 Å². The first-order valence-electron chi connectivity index (χ1n) is 19.4. The zero-order valence-electron chi connectivity index (χ0n) is 32.2. The van der Waals surface area contributed by atoms with Crippen LogP contribution in [0.4, 0.5) is 34.6 Å². The Morgan fingerprint density at radius 3 is 2.37 bits per heavy atom. The zero-order chi connectivity index (χ0) is 39.4. The number of hydrogen-bond acceptors (Lipinski definition) is 13. The van der Waals surface area contributed by atoms with Crippen molar-refractivity contribution < 1.29 is 19.2 Å². The molecule has 4 amide bonds. The van der Waals surface area contributed by atoms with Crippen molar-refractivity contribution in [1.82, 2.24) is 39.8 Å². The first-order valence-corrected chi connectivity index (χ1v) is 19.4. The number of anilines is 6. The van der Waals surface area contributed by atoms with E-state index in [1.807, 2.05) is 37.5 Å². The third kappa shape index (κ3) is 6.90. The number of imide groups is 2. The first kappa shape index (κ1) is 36.2. The lowest BCUT2D eigenvalue weighted by Gasteiger charge is -2.36. The number of piperazine rings is 1. The fourth-order valence-electron chi connectivity index (χ4n) is 8.49. The van der Waals surface area contributed by atoms with Gasteiger partial charge in [0.15, 0.2) is 11.5 Å². The molecule has 4 aliphatic rings.